The Kier molecular flexibility index (Phi) is 2.57. The van der Waals surface area contributed by atoms with Crippen LogP contribution in [0.1, 0.15) is 5.56 Å². The monoisotopic (exact) mass is 238 g/mol. The fourth-order valence-corrected chi connectivity index (χ4v) is 2.17. The van der Waals surface area contributed by atoms with Crippen molar-refractivity contribution in [3.05, 3.63) is 48.2 Å². The molecule has 2 heterocycles. The Morgan fingerprint density at radius 2 is 2.00 bits per heavy atom. The Balaban J connectivity index is 2.30. The van der Waals surface area contributed by atoms with E-state index in [4.69, 9.17) is 5.73 Å². The SMILES string of the molecule is Cn1nc2ncc(CN)cc2c1-c1ccccc1. The zero-order valence-corrected chi connectivity index (χ0v) is 10.2. The van der Waals surface area contributed by atoms with Gasteiger partial charge in [0.05, 0.1) is 5.69 Å². The van der Waals surface area contributed by atoms with Crippen LogP contribution in [0.2, 0.25) is 0 Å². The molecule has 2 N–H and O–H groups in total. The second kappa shape index (κ2) is 4.23. The number of aromatic nitrogens is 3. The lowest BCUT2D eigenvalue weighted by Crippen LogP contribution is -1.96. The third kappa shape index (κ3) is 1.67. The van der Waals surface area contributed by atoms with Crippen LogP contribution in [0, 0.1) is 0 Å². The molecular weight excluding hydrogens is 224 g/mol. The lowest BCUT2D eigenvalue weighted by Gasteiger charge is -2.02. The van der Waals surface area contributed by atoms with Crippen LogP contribution in [0.3, 0.4) is 0 Å². The van der Waals surface area contributed by atoms with Gasteiger partial charge in [0.15, 0.2) is 5.65 Å². The van der Waals surface area contributed by atoms with Crippen molar-refractivity contribution in [2.75, 3.05) is 0 Å². The summed E-state index contributed by atoms with van der Waals surface area (Å²) in [6.07, 6.45) is 1.78. The van der Waals surface area contributed by atoms with Gasteiger partial charge in [-0.25, -0.2) is 4.98 Å². The van der Waals surface area contributed by atoms with E-state index in [-0.39, 0.29) is 0 Å². The quantitative estimate of drug-likeness (QED) is 0.743. The normalized spacial score (nSPS) is 11.0. The summed E-state index contributed by atoms with van der Waals surface area (Å²) >= 11 is 0. The standard InChI is InChI=1S/C14H14N4/c1-18-13(11-5-3-2-4-6-11)12-7-10(8-15)9-16-14(12)17-18/h2-7,9H,8,15H2,1H3. The molecule has 4 nitrogen and oxygen atoms in total. The molecule has 0 atom stereocenters. The Morgan fingerprint density at radius 3 is 2.72 bits per heavy atom. The summed E-state index contributed by atoms with van der Waals surface area (Å²) in [7, 11) is 1.94. The van der Waals surface area contributed by atoms with Crippen LogP contribution < -0.4 is 5.73 Å². The lowest BCUT2D eigenvalue weighted by molar-refractivity contribution is 0.784. The number of nitrogens with two attached hydrogens (primary N) is 1. The van der Waals surface area contributed by atoms with E-state index >= 15 is 0 Å². The zero-order chi connectivity index (χ0) is 12.5. The second-order valence-corrected chi connectivity index (χ2v) is 4.26. The van der Waals surface area contributed by atoms with Gasteiger partial charge in [-0.2, -0.15) is 5.10 Å². The number of hydrogen-bond donors (Lipinski definition) is 1. The van der Waals surface area contributed by atoms with Crippen LogP contribution in [-0.4, -0.2) is 14.8 Å². The summed E-state index contributed by atoms with van der Waals surface area (Å²) in [5.74, 6) is 0. The van der Waals surface area contributed by atoms with Crippen molar-refractivity contribution in [2.45, 2.75) is 6.54 Å². The molecule has 3 rings (SSSR count). The topological polar surface area (TPSA) is 56.7 Å². The molecule has 0 aliphatic rings. The number of pyridine rings is 1. The van der Waals surface area contributed by atoms with Gasteiger partial charge in [-0.3, -0.25) is 4.68 Å². The van der Waals surface area contributed by atoms with Crippen LogP contribution in [0.15, 0.2) is 42.6 Å². The summed E-state index contributed by atoms with van der Waals surface area (Å²) in [6.45, 7) is 0.492. The number of benzene rings is 1. The van der Waals surface area contributed by atoms with Gasteiger partial charge in [0.2, 0.25) is 0 Å². The molecule has 1 aromatic carbocycles. The van der Waals surface area contributed by atoms with Gasteiger partial charge in [0.1, 0.15) is 0 Å². The van der Waals surface area contributed by atoms with Crippen molar-refractivity contribution >= 4 is 11.0 Å². The van der Waals surface area contributed by atoms with E-state index in [1.54, 1.807) is 6.20 Å². The summed E-state index contributed by atoms with van der Waals surface area (Å²) in [5, 5.41) is 5.48. The molecule has 3 aromatic rings. The van der Waals surface area contributed by atoms with Crippen LogP contribution in [0.5, 0.6) is 0 Å². The Labute approximate surface area is 105 Å². The Hall–Kier alpha value is -2.20. The highest BCUT2D eigenvalue weighted by atomic mass is 15.3. The molecule has 0 aliphatic heterocycles. The van der Waals surface area contributed by atoms with E-state index in [1.807, 2.05) is 29.9 Å². The summed E-state index contributed by atoms with van der Waals surface area (Å²) in [6, 6.07) is 12.3. The van der Waals surface area contributed by atoms with Gasteiger partial charge in [-0.05, 0) is 11.6 Å². The van der Waals surface area contributed by atoms with Gasteiger partial charge < -0.3 is 5.73 Å². The molecule has 0 unspecified atom stereocenters. The van der Waals surface area contributed by atoms with Crippen LogP contribution in [0.4, 0.5) is 0 Å². The molecule has 2 aromatic heterocycles. The van der Waals surface area contributed by atoms with Crippen molar-refractivity contribution in [3.63, 3.8) is 0 Å². The third-order valence-electron chi connectivity index (χ3n) is 3.03. The molecule has 0 spiro atoms. The number of hydrogen-bond acceptors (Lipinski definition) is 3. The number of rotatable bonds is 2. The highest BCUT2D eigenvalue weighted by molar-refractivity contribution is 5.91. The van der Waals surface area contributed by atoms with Crippen LogP contribution >= 0.6 is 0 Å². The van der Waals surface area contributed by atoms with E-state index in [2.05, 4.69) is 28.3 Å². The average molecular weight is 238 g/mol. The van der Waals surface area contributed by atoms with Gasteiger partial charge in [-0.15, -0.1) is 0 Å². The van der Waals surface area contributed by atoms with E-state index in [0.29, 0.717) is 6.54 Å². The van der Waals surface area contributed by atoms with Crippen molar-refractivity contribution in [1.29, 1.82) is 0 Å². The fraction of sp³-hybridized carbons (Fsp3) is 0.143. The molecule has 0 amide bonds. The molecule has 0 saturated carbocycles. The fourth-order valence-electron chi connectivity index (χ4n) is 2.17. The maximum absolute atomic E-state index is 5.67. The molecule has 0 bridgehead atoms. The van der Waals surface area contributed by atoms with Crippen molar-refractivity contribution in [2.24, 2.45) is 12.8 Å². The first-order valence-electron chi connectivity index (χ1n) is 5.86. The van der Waals surface area contributed by atoms with Crippen LogP contribution in [-0.2, 0) is 13.6 Å². The largest absolute Gasteiger partial charge is 0.326 e. The number of fused-ring (bicyclic) bond motifs is 1. The second-order valence-electron chi connectivity index (χ2n) is 4.26. The molecule has 90 valence electrons. The minimum Gasteiger partial charge on any atom is -0.326 e. The predicted molar refractivity (Wildman–Crippen MR) is 71.8 cm³/mol. The highest BCUT2D eigenvalue weighted by Crippen LogP contribution is 2.27. The molecule has 0 radical (unpaired) electrons. The van der Waals surface area contributed by atoms with Gasteiger partial charge in [-0.1, -0.05) is 30.3 Å². The van der Waals surface area contributed by atoms with Gasteiger partial charge in [0.25, 0.3) is 0 Å². The smallest absolute Gasteiger partial charge is 0.181 e. The van der Waals surface area contributed by atoms with Gasteiger partial charge in [0, 0.05) is 30.7 Å². The minimum atomic E-state index is 0.492. The molecular formula is C14H14N4. The maximum atomic E-state index is 5.67. The predicted octanol–water partition coefficient (Wildman–Crippen LogP) is 2.09. The van der Waals surface area contributed by atoms with Crippen molar-refractivity contribution in [1.82, 2.24) is 14.8 Å². The first-order chi connectivity index (χ1) is 8.79. The first-order valence-corrected chi connectivity index (χ1v) is 5.86. The van der Waals surface area contributed by atoms with Crippen molar-refractivity contribution in [3.8, 4) is 11.3 Å². The van der Waals surface area contributed by atoms with E-state index < -0.39 is 0 Å². The Morgan fingerprint density at radius 1 is 1.22 bits per heavy atom. The molecule has 4 heteroatoms. The first kappa shape index (κ1) is 10.9. The lowest BCUT2D eigenvalue weighted by atomic mass is 10.1. The van der Waals surface area contributed by atoms with Gasteiger partial charge >= 0.3 is 0 Å². The third-order valence-corrected chi connectivity index (χ3v) is 3.03. The summed E-state index contributed by atoms with van der Waals surface area (Å²) in [5.41, 5.74) is 9.66. The van der Waals surface area contributed by atoms with E-state index in [9.17, 15) is 0 Å². The molecule has 0 saturated heterocycles. The molecule has 18 heavy (non-hydrogen) atoms. The summed E-state index contributed by atoms with van der Waals surface area (Å²) in [4.78, 5) is 4.35. The van der Waals surface area contributed by atoms with Crippen molar-refractivity contribution < 1.29 is 0 Å². The molecule has 0 fully saturated rings. The number of nitrogens with zero attached hydrogens (tertiary/aromatic N) is 3. The maximum Gasteiger partial charge on any atom is 0.181 e. The highest BCUT2D eigenvalue weighted by Gasteiger charge is 2.11. The molecule has 0 aliphatic carbocycles. The number of aryl methyl sites for hydroxylation is 1. The van der Waals surface area contributed by atoms with E-state index in [1.165, 1.54) is 0 Å². The Bertz CT molecular complexity index is 686. The zero-order valence-electron chi connectivity index (χ0n) is 10.2. The van der Waals surface area contributed by atoms with Crippen LogP contribution in [0.25, 0.3) is 22.3 Å². The average Bonchev–Trinajstić information content (AvgIpc) is 2.74. The van der Waals surface area contributed by atoms with E-state index in [0.717, 1.165) is 27.9 Å². The summed E-state index contributed by atoms with van der Waals surface area (Å²) < 4.78 is 1.87. The minimum absolute atomic E-state index is 0.492.